The Hall–Kier alpha value is -2.03. The lowest BCUT2D eigenvalue weighted by Crippen LogP contribution is -2.34. The van der Waals surface area contributed by atoms with E-state index in [2.05, 4.69) is 43.9 Å². The summed E-state index contributed by atoms with van der Waals surface area (Å²) in [6.07, 6.45) is 4.92. The molecule has 4 heterocycles. The first-order valence-corrected chi connectivity index (χ1v) is 11.9. The second-order valence-corrected chi connectivity index (χ2v) is 9.38. The minimum atomic E-state index is -0.0269. The molecule has 2 N–H and O–H groups in total. The standard InChI is InChI=1S/C21H27N5OS2/c1-3-26-10-4-6-15(26)12-23-19-17-14(2)18(29-21(17)25-13-24-19)20(27)22-9-8-16-7-5-11-28-16/h5,7,11,13,15H,3-4,6,8-10,12H2,1-2H3,(H,22,27)(H,23,24,25). The normalized spacial score (nSPS) is 17.1. The third kappa shape index (κ3) is 4.44. The van der Waals surface area contributed by atoms with Crippen LogP contribution in [0, 0.1) is 6.92 Å². The zero-order chi connectivity index (χ0) is 20.2. The van der Waals surface area contributed by atoms with E-state index in [1.165, 1.54) is 35.6 Å². The third-order valence-electron chi connectivity index (χ3n) is 5.58. The van der Waals surface area contributed by atoms with Crippen molar-refractivity contribution in [3.63, 3.8) is 0 Å². The van der Waals surface area contributed by atoms with Crippen LogP contribution < -0.4 is 10.6 Å². The van der Waals surface area contributed by atoms with Gasteiger partial charge in [-0.25, -0.2) is 9.97 Å². The average Bonchev–Trinajstić information content (AvgIpc) is 3.46. The van der Waals surface area contributed by atoms with E-state index in [1.54, 1.807) is 17.7 Å². The van der Waals surface area contributed by atoms with E-state index in [4.69, 9.17) is 0 Å². The zero-order valence-electron chi connectivity index (χ0n) is 16.9. The van der Waals surface area contributed by atoms with Gasteiger partial charge in [0.2, 0.25) is 0 Å². The molecule has 1 unspecified atom stereocenters. The molecule has 4 rings (SSSR count). The Balaban J connectivity index is 1.46. The van der Waals surface area contributed by atoms with E-state index in [-0.39, 0.29) is 5.91 Å². The number of anilines is 1. The van der Waals surface area contributed by atoms with E-state index in [0.29, 0.717) is 12.6 Å². The highest BCUT2D eigenvalue weighted by molar-refractivity contribution is 7.20. The molecular formula is C21H27N5OS2. The van der Waals surface area contributed by atoms with Crippen LogP contribution >= 0.6 is 22.7 Å². The van der Waals surface area contributed by atoms with Crippen LogP contribution in [-0.4, -0.2) is 53.0 Å². The van der Waals surface area contributed by atoms with Crippen molar-refractivity contribution in [2.75, 3.05) is 31.5 Å². The SMILES string of the molecule is CCN1CCCC1CNc1ncnc2sc(C(=O)NCCc3cccs3)c(C)c12. The van der Waals surface area contributed by atoms with Gasteiger partial charge in [0.05, 0.1) is 10.3 Å². The summed E-state index contributed by atoms with van der Waals surface area (Å²) < 4.78 is 0. The number of nitrogens with zero attached hydrogens (tertiary/aromatic N) is 3. The first kappa shape index (κ1) is 20.3. The van der Waals surface area contributed by atoms with Gasteiger partial charge in [0.25, 0.3) is 5.91 Å². The molecule has 0 bridgehead atoms. The molecule has 1 saturated heterocycles. The number of thiophene rings is 2. The summed E-state index contributed by atoms with van der Waals surface area (Å²) in [5.41, 5.74) is 0.959. The Morgan fingerprint density at radius 3 is 3.07 bits per heavy atom. The lowest BCUT2D eigenvalue weighted by Gasteiger charge is -2.23. The molecular weight excluding hydrogens is 402 g/mol. The van der Waals surface area contributed by atoms with E-state index in [1.807, 2.05) is 13.0 Å². The van der Waals surface area contributed by atoms with Gasteiger partial charge < -0.3 is 10.6 Å². The fraction of sp³-hybridized carbons (Fsp3) is 0.476. The number of carbonyl (C=O) groups is 1. The van der Waals surface area contributed by atoms with E-state index in [0.717, 1.165) is 46.0 Å². The van der Waals surface area contributed by atoms with Crippen LogP contribution in [0.15, 0.2) is 23.8 Å². The minimum Gasteiger partial charge on any atom is -0.368 e. The quantitative estimate of drug-likeness (QED) is 0.568. The van der Waals surface area contributed by atoms with Crippen LogP contribution in [0.3, 0.4) is 0 Å². The van der Waals surface area contributed by atoms with Crippen molar-refractivity contribution in [1.29, 1.82) is 0 Å². The van der Waals surface area contributed by atoms with Crippen molar-refractivity contribution >= 4 is 44.6 Å². The summed E-state index contributed by atoms with van der Waals surface area (Å²) in [6, 6.07) is 4.68. The molecule has 0 saturated carbocycles. The number of aromatic nitrogens is 2. The summed E-state index contributed by atoms with van der Waals surface area (Å²) >= 11 is 3.16. The monoisotopic (exact) mass is 429 g/mol. The summed E-state index contributed by atoms with van der Waals surface area (Å²) in [7, 11) is 0. The van der Waals surface area contributed by atoms with Crippen molar-refractivity contribution < 1.29 is 4.79 Å². The van der Waals surface area contributed by atoms with Gasteiger partial charge in [-0.1, -0.05) is 13.0 Å². The average molecular weight is 430 g/mol. The second kappa shape index (κ2) is 9.19. The number of likely N-dealkylation sites (N-methyl/N-ethyl adjacent to an activating group) is 1. The number of rotatable bonds is 8. The molecule has 0 radical (unpaired) electrons. The summed E-state index contributed by atoms with van der Waals surface area (Å²) in [5.74, 6) is 0.810. The van der Waals surface area contributed by atoms with Crippen LogP contribution in [0.2, 0.25) is 0 Å². The molecule has 1 atom stereocenters. The Labute approximate surface area is 179 Å². The molecule has 6 nitrogen and oxygen atoms in total. The molecule has 0 aromatic carbocycles. The Morgan fingerprint density at radius 2 is 2.28 bits per heavy atom. The number of hydrogen-bond donors (Lipinski definition) is 2. The van der Waals surface area contributed by atoms with Gasteiger partial charge in [-0.2, -0.15) is 0 Å². The molecule has 1 aliphatic rings. The van der Waals surface area contributed by atoms with Crippen LogP contribution in [0.25, 0.3) is 10.2 Å². The molecule has 1 aliphatic heterocycles. The molecule has 0 aliphatic carbocycles. The highest BCUT2D eigenvalue weighted by Gasteiger charge is 2.24. The molecule has 29 heavy (non-hydrogen) atoms. The van der Waals surface area contributed by atoms with Gasteiger partial charge in [-0.05, 0) is 56.3 Å². The Morgan fingerprint density at radius 1 is 1.38 bits per heavy atom. The Bertz CT molecular complexity index is 969. The minimum absolute atomic E-state index is 0.0269. The number of aryl methyl sites for hydroxylation is 1. The summed E-state index contributed by atoms with van der Waals surface area (Å²) in [5, 5.41) is 9.62. The van der Waals surface area contributed by atoms with Crippen LogP contribution in [-0.2, 0) is 6.42 Å². The number of fused-ring (bicyclic) bond motifs is 1. The predicted molar refractivity (Wildman–Crippen MR) is 121 cm³/mol. The van der Waals surface area contributed by atoms with Crippen molar-refractivity contribution in [1.82, 2.24) is 20.2 Å². The second-order valence-electron chi connectivity index (χ2n) is 7.35. The largest absolute Gasteiger partial charge is 0.368 e. The number of likely N-dealkylation sites (tertiary alicyclic amines) is 1. The van der Waals surface area contributed by atoms with Gasteiger partial charge in [-0.3, -0.25) is 9.69 Å². The first-order chi connectivity index (χ1) is 14.2. The van der Waals surface area contributed by atoms with Crippen LogP contribution in [0.4, 0.5) is 5.82 Å². The van der Waals surface area contributed by atoms with Crippen molar-refractivity contribution in [2.45, 2.75) is 39.2 Å². The van der Waals surface area contributed by atoms with Gasteiger partial charge in [-0.15, -0.1) is 22.7 Å². The maximum atomic E-state index is 12.8. The van der Waals surface area contributed by atoms with Crippen molar-refractivity contribution in [2.24, 2.45) is 0 Å². The van der Waals surface area contributed by atoms with Crippen molar-refractivity contribution in [3.05, 3.63) is 39.2 Å². The van der Waals surface area contributed by atoms with Gasteiger partial charge in [0, 0.05) is 24.0 Å². The van der Waals surface area contributed by atoms with E-state index < -0.39 is 0 Å². The third-order valence-corrected chi connectivity index (χ3v) is 7.72. The fourth-order valence-corrected chi connectivity index (χ4v) is 5.79. The molecule has 154 valence electrons. The Kier molecular flexibility index (Phi) is 6.42. The molecule has 1 amide bonds. The smallest absolute Gasteiger partial charge is 0.261 e. The number of amides is 1. The topological polar surface area (TPSA) is 70.1 Å². The number of hydrogen-bond acceptors (Lipinski definition) is 7. The summed E-state index contributed by atoms with van der Waals surface area (Å²) in [4.78, 5) is 27.0. The van der Waals surface area contributed by atoms with E-state index in [9.17, 15) is 4.79 Å². The molecule has 3 aromatic heterocycles. The molecule has 1 fully saturated rings. The highest BCUT2D eigenvalue weighted by atomic mass is 32.1. The lowest BCUT2D eigenvalue weighted by atomic mass is 10.2. The molecule has 8 heteroatoms. The van der Waals surface area contributed by atoms with E-state index >= 15 is 0 Å². The highest BCUT2D eigenvalue weighted by Crippen LogP contribution is 2.33. The van der Waals surface area contributed by atoms with Gasteiger partial charge >= 0.3 is 0 Å². The maximum Gasteiger partial charge on any atom is 0.261 e. The van der Waals surface area contributed by atoms with Crippen molar-refractivity contribution in [3.8, 4) is 0 Å². The number of nitrogens with one attached hydrogen (secondary N) is 2. The van der Waals surface area contributed by atoms with Gasteiger partial charge in [0.1, 0.15) is 17.0 Å². The maximum absolute atomic E-state index is 12.8. The van der Waals surface area contributed by atoms with Crippen LogP contribution in [0.5, 0.6) is 0 Å². The van der Waals surface area contributed by atoms with Gasteiger partial charge in [0.15, 0.2) is 0 Å². The summed E-state index contributed by atoms with van der Waals surface area (Å²) in [6.45, 7) is 7.98. The molecule has 3 aromatic rings. The zero-order valence-corrected chi connectivity index (χ0v) is 18.5. The lowest BCUT2D eigenvalue weighted by molar-refractivity contribution is 0.0958. The molecule has 0 spiro atoms. The fourth-order valence-electron chi connectivity index (χ4n) is 4.01. The predicted octanol–water partition coefficient (Wildman–Crippen LogP) is 3.93. The first-order valence-electron chi connectivity index (χ1n) is 10.2. The number of carbonyl (C=O) groups excluding carboxylic acids is 1. The van der Waals surface area contributed by atoms with Crippen LogP contribution in [0.1, 0.15) is 39.9 Å².